The van der Waals surface area contributed by atoms with E-state index < -0.39 is 23.8 Å². The summed E-state index contributed by atoms with van der Waals surface area (Å²) < 4.78 is 40.6. The highest BCUT2D eigenvalue weighted by molar-refractivity contribution is 5.38. The number of hydrogen-bond donors (Lipinski definition) is 2. The Morgan fingerprint density at radius 2 is 1.79 bits per heavy atom. The van der Waals surface area contributed by atoms with Gasteiger partial charge in [-0.05, 0) is 41.3 Å². The molecule has 6 heteroatoms. The van der Waals surface area contributed by atoms with E-state index in [9.17, 15) is 18.3 Å². The van der Waals surface area contributed by atoms with E-state index in [4.69, 9.17) is 0 Å². The number of aliphatic hydroxyl groups excluding tert-OH is 1. The van der Waals surface area contributed by atoms with Crippen LogP contribution in [-0.2, 0) is 6.42 Å². The summed E-state index contributed by atoms with van der Waals surface area (Å²) in [6.45, 7) is 0.626. The van der Waals surface area contributed by atoms with Crippen LogP contribution in [0.1, 0.15) is 35.2 Å². The maximum atomic E-state index is 13.9. The van der Waals surface area contributed by atoms with Crippen molar-refractivity contribution in [3.8, 4) is 0 Å². The summed E-state index contributed by atoms with van der Waals surface area (Å²) >= 11 is 0. The van der Waals surface area contributed by atoms with Crippen LogP contribution in [0.2, 0.25) is 0 Å². The Morgan fingerprint density at radius 3 is 2.54 bits per heavy atom. The SMILES string of the molecule is O[C@@H]1Cc2c(F)cc(F)cc2[C@H]1N1CCC(c2ccc(F)cc2)N1. The molecule has 0 amide bonds. The molecule has 0 spiro atoms. The Labute approximate surface area is 137 Å². The molecule has 3 nitrogen and oxygen atoms in total. The van der Waals surface area contributed by atoms with Crippen LogP contribution in [0.25, 0.3) is 0 Å². The molecule has 3 atom stereocenters. The lowest BCUT2D eigenvalue weighted by Crippen LogP contribution is -2.39. The summed E-state index contributed by atoms with van der Waals surface area (Å²) in [5, 5.41) is 12.2. The van der Waals surface area contributed by atoms with Gasteiger partial charge in [0.15, 0.2) is 0 Å². The second-order valence-electron chi connectivity index (χ2n) is 6.39. The first-order valence-electron chi connectivity index (χ1n) is 7.97. The van der Waals surface area contributed by atoms with Crippen LogP contribution in [0.4, 0.5) is 13.2 Å². The van der Waals surface area contributed by atoms with Gasteiger partial charge in [0.1, 0.15) is 17.5 Å². The molecule has 0 aromatic heterocycles. The second kappa shape index (κ2) is 5.88. The first kappa shape index (κ1) is 15.6. The number of rotatable bonds is 2. The van der Waals surface area contributed by atoms with Gasteiger partial charge in [0, 0.05) is 25.1 Å². The molecule has 1 saturated heterocycles. The fourth-order valence-electron chi connectivity index (χ4n) is 3.76. The molecule has 24 heavy (non-hydrogen) atoms. The molecule has 2 aromatic carbocycles. The lowest BCUT2D eigenvalue weighted by atomic mass is 10.1. The van der Waals surface area contributed by atoms with Gasteiger partial charge in [-0.3, -0.25) is 0 Å². The van der Waals surface area contributed by atoms with Crippen molar-refractivity contribution in [2.75, 3.05) is 6.54 Å². The van der Waals surface area contributed by atoms with E-state index in [1.807, 2.05) is 5.01 Å². The zero-order valence-corrected chi connectivity index (χ0v) is 12.8. The summed E-state index contributed by atoms with van der Waals surface area (Å²) in [6.07, 6.45) is 0.142. The Hall–Kier alpha value is -1.89. The molecule has 0 saturated carbocycles. The molecule has 1 heterocycles. The Kier molecular flexibility index (Phi) is 3.83. The molecular weight excluding hydrogens is 317 g/mol. The minimum absolute atomic E-state index is 0.0137. The van der Waals surface area contributed by atoms with Gasteiger partial charge < -0.3 is 5.11 Å². The van der Waals surface area contributed by atoms with E-state index in [-0.39, 0.29) is 18.3 Å². The van der Waals surface area contributed by atoms with Crippen LogP contribution < -0.4 is 5.43 Å². The summed E-state index contributed by atoms with van der Waals surface area (Å²) in [6, 6.07) is 7.90. The van der Waals surface area contributed by atoms with Crippen LogP contribution in [0.5, 0.6) is 0 Å². The lowest BCUT2D eigenvalue weighted by Gasteiger charge is -2.28. The highest BCUT2D eigenvalue weighted by Gasteiger charge is 2.40. The Bertz CT molecular complexity index is 766. The maximum absolute atomic E-state index is 13.9. The van der Waals surface area contributed by atoms with Crippen molar-refractivity contribution in [3.05, 3.63) is 70.5 Å². The maximum Gasteiger partial charge on any atom is 0.129 e. The minimum Gasteiger partial charge on any atom is -0.391 e. The molecule has 1 unspecified atom stereocenters. The van der Waals surface area contributed by atoms with Crippen LogP contribution >= 0.6 is 0 Å². The van der Waals surface area contributed by atoms with Crippen molar-refractivity contribution in [2.45, 2.75) is 31.0 Å². The Balaban J connectivity index is 1.59. The number of fused-ring (bicyclic) bond motifs is 1. The summed E-state index contributed by atoms with van der Waals surface area (Å²) in [5.74, 6) is -1.54. The van der Waals surface area contributed by atoms with Gasteiger partial charge in [-0.15, -0.1) is 0 Å². The van der Waals surface area contributed by atoms with Crippen LogP contribution in [0, 0.1) is 17.5 Å². The number of hydrazine groups is 1. The molecule has 2 aromatic rings. The quantitative estimate of drug-likeness (QED) is 0.886. The van der Waals surface area contributed by atoms with E-state index in [1.165, 1.54) is 18.2 Å². The number of nitrogens with one attached hydrogen (secondary N) is 1. The molecule has 1 aliphatic heterocycles. The van der Waals surface area contributed by atoms with E-state index in [2.05, 4.69) is 5.43 Å². The molecule has 0 radical (unpaired) electrons. The molecule has 2 N–H and O–H groups in total. The molecular formula is C18H17F3N2O. The van der Waals surface area contributed by atoms with Crippen molar-refractivity contribution < 1.29 is 18.3 Å². The van der Waals surface area contributed by atoms with Crippen molar-refractivity contribution in [1.82, 2.24) is 10.4 Å². The van der Waals surface area contributed by atoms with Gasteiger partial charge in [-0.2, -0.15) is 0 Å². The third-order valence-corrected chi connectivity index (χ3v) is 4.88. The number of hydrogen-bond acceptors (Lipinski definition) is 3. The van der Waals surface area contributed by atoms with E-state index in [0.717, 1.165) is 18.1 Å². The highest BCUT2D eigenvalue weighted by Crippen LogP contribution is 2.40. The fraction of sp³-hybridized carbons (Fsp3) is 0.333. The van der Waals surface area contributed by atoms with Gasteiger partial charge in [-0.1, -0.05) is 12.1 Å². The van der Waals surface area contributed by atoms with Crippen molar-refractivity contribution in [3.63, 3.8) is 0 Å². The van der Waals surface area contributed by atoms with Gasteiger partial charge in [0.05, 0.1) is 12.1 Å². The monoisotopic (exact) mass is 334 g/mol. The first-order chi connectivity index (χ1) is 11.5. The average Bonchev–Trinajstić information content (AvgIpc) is 3.12. The Morgan fingerprint density at radius 1 is 1.04 bits per heavy atom. The smallest absolute Gasteiger partial charge is 0.129 e. The van der Waals surface area contributed by atoms with Crippen molar-refractivity contribution in [1.29, 1.82) is 0 Å². The van der Waals surface area contributed by atoms with E-state index in [1.54, 1.807) is 12.1 Å². The van der Waals surface area contributed by atoms with Crippen molar-refractivity contribution in [2.24, 2.45) is 0 Å². The van der Waals surface area contributed by atoms with E-state index in [0.29, 0.717) is 17.7 Å². The molecule has 1 fully saturated rings. The number of aliphatic hydroxyl groups is 1. The normalized spacial score (nSPS) is 26.8. The van der Waals surface area contributed by atoms with Crippen LogP contribution in [-0.4, -0.2) is 22.8 Å². The van der Waals surface area contributed by atoms with Gasteiger partial charge >= 0.3 is 0 Å². The minimum atomic E-state index is -0.796. The largest absolute Gasteiger partial charge is 0.391 e. The summed E-state index contributed by atoms with van der Waals surface area (Å²) in [5.41, 5.74) is 5.10. The molecule has 4 rings (SSSR count). The predicted octanol–water partition coefficient (Wildman–Crippen LogP) is 3.01. The third-order valence-electron chi connectivity index (χ3n) is 4.88. The third kappa shape index (κ3) is 2.60. The first-order valence-corrected chi connectivity index (χ1v) is 7.97. The standard InChI is InChI=1S/C18H17F3N2O/c19-11-3-1-10(2-4-11)16-5-6-23(22-16)18-14-7-12(20)8-15(21)13(14)9-17(18)24/h1-4,7-8,16-18,22,24H,5-6,9H2/t16?,17-,18-/m1/s1. The van der Waals surface area contributed by atoms with Crippen LogP contribution in [0.15, 0.2) is 36.4 Å². The zero-order chi connectivity index (χ0) is 16.8. The zero-order valence-electron chi connectivity index (χ0n) is 12.8. The van der Waals surface area contributed by atoms with Gasteiger partial charge in [0.25, 0.3) is 0 Å². The van der Waals surface area contributed by atoms with E-state index >= 15 is 0 Å². The number of benzene rings is 2. The van der Waals surface area contributed by atoms with Crippen LogP contribution in [0.3, 0.4) is 0 Å². The fourth-order valence-corrected chi connectivity index (χ4v) is 3.76. The number of halogens is 3. The highest BCUT2D eigenvalue weighted by atomic mass is 19.1. The predicted molar refractivity (Wildman–Crippen MR) is 82.4 cm³/mol. The molecule has 126 valence electrons. The van der Waals surface area contributed by atoms with Gasteiger partial charge in [-0.25, -0.2) is 23.6 Å². The number of nitrogens with zero attached hydrogens (tertiary/aromatic N) is 1. The molecule has 0 bridgehead atoms. The topological polar surface area (TPSA) is 35.5 Å². The summed E-state index contributed by atoms with van der Waals surface area (Å²) in [7, 11) is 0. The molecule has 1 aliphatic carbocycles. The summed E-state index contributed by atoms with van der Waals surface area (Å²) in [4.78, 5) is 0. The van der Waals surface area contributed by atoms with Crippen molar-refractivity contribution >= 4 is 0 Å². The second-order valence-corrected chi connectivity index (χ2v) is 6.39. The lowest BCUT2D eigenvalue weighted by molar-refractivity contribution is 0.0450. The molecule has 2 aliphatic rings. The van der Waals surface area contributed by atoms with Gasteiger partial charge in [0.2, 0.25) is 0 Å². The average molecular weight is 334 g/mol.